The molecule has 2 N–H and O–H groups in total. The average molecular weight is 356 g/mol. The number of anilines is 1. The molecule has 1 heterocycles. The molecule has 9 heteroatoms. The maximum Gasteiger partial charge on any atom is 0.263 e. The molecule has 0 aliphatic carbocycles. The van der Waals surface area contributed by atoms with Gasteiger partial charge in [0.1, 0.15) is 5.01 Å². The van der Waals surface area contributed by atoms with Gasteiger partial charge in [-0.2, -0.15) is 0 Å². The highest BCUT2D eigenvalue weighted by Crippen LogP contribution is 2.16. The van der Waals surface area contributed by atoms with Crippen molar-refractivity contribution in [1.29, 1.82) is 0 Å². The van der Waals surface area contributed by atoms with Crippen LogP contribution in [-0.4, -0.2) is 23.7 Å². The lowest BCUT2D eigenvalue weighted by Gasteiger charge is -2.09. The van der Waals surface area contributed by atoms with Crippen molar-refractivity contribution in [3.8, 4) is 0 Å². The van der Waals surface area contributed by atoms with Crippen LogP contribution in [0.5, 0.6) is 0 Å². The number of hydrogen-bond donors (Lipinski definition) is 2. The molecule has 0 amide bonds. The van der Waals surface area contributed by atoms with Gasteiger partial charge in [0, 0.05) is 6.42 Å². The molecule has 22 heavy (non-hydrogen) atoms. The monoisotopic (exact) mass is 356 g/mol. The maximum absolute atomic E-state index is 12.2. The van der Waals surface area contributed by atoms with Crippen LogP contribution in [0.4, 0.5) is 5.13 Å². The summed E-state index contributed by atoms with van der Waals surface area (Å²) < 4.78 is 26.7. The van der Waals surface area contributed by atoms with Gasteiger partial charge in [0.05, 0.1) is 4.90 Å². The fraction of sp³-hybridized carbons (Fsp3) is 0.308. The lowest BCUT2D eigenvalue weighted by molar-refractivity contribution is 0.593. The molecular formula is C13H16N4O2S3. The zero-order valence-electron chi connectivity index (χ0n) is 12.2. The largest absolute Gasteiger partial charge is 0.306 e. The topological polar surface area (TPSA) is 84.0 Å². The summed E-state index contributed by atoms with van der Waals surface area (Å²) in [6.07, 6.45) is 1.81. The summed E-state index contributed by atoms with van der Waals surface area (Å²) in [6, 6.07) is 6.52. The number of rotatable bonds is 5. The molecule has 0 saturated heterocycles. The summed E-state index contributed by atoms with van der Waals surface area (Å²) in [5.41, 5.74) is 0.983. The summed E-state index contributed by atoms with van der Waals surface area (Å²) in [4.78, 5) is 0.159. The molecule has 118 valence electrons. The number of benzene rings is 1. The van der Waals surface area contributed by atoms with Gasteiger partial charge in [-0.1, -0.05) is 36.0 Å². The molecule has 0 radical (unpaired) electrons. The zero-order chi connectivity index (χ0) is 16.2. The van der Waals surface area contributed by atoms with E-state index in [2.05, 4.69) is 27.2 Å². The first-order chi connectivity index (χ1) is 10.4. The fourth-order valence-electron chi connectivity index (χ4n) is 1.64. The molecule has 0 bridgehead atoms. The normalized spacial score (nSPS) is 11.2. The zero-order valence-corrected chi connectivity index (χ0v) is 14.6. The molecule has 0 atom stereocenters. The van der Waals surface area contributed by atoms with E-state index in [1.54, 1.807) is 12.1 Å². The Hall–Kier alpha value is -1.58. The second kappa shape index (κ2) is 7.12. The Morgan fingerprint density at radius 2 is 1.95 bits per heavy atom. The number of nitrogens with zero attached hydrogens (tertiary/aromatic N) is 2. The van der Waals surface area contributed by atoms with Gasteiger partial charge in [0.15, 0.2) is 5.11 Å². The number of sulfonamides is 1. The predicted molar refractivity (Wildman–Crippen MR) is 91.6 cm³/mol. The van der Waals surface area contributed by atoms with Crippen molar-refractivity contribution in [2.75, 3.05) is 5.32 Å². The molecule has 0 unspecified atom stereocenters. The number of aryl methyl sites for hydroxylation is 2. The summed E-state index contributed by atoms with van der Waals surface area (Å²) in [5, 5.41) is 12.0. The lowest BCUT2D eigenvalue weighted by atomic mass is 10.2. The number of thiocarbonyl (C=S) groups is 1. The third kappa shape index (κ3) is 4.46. The highest BCUT2D eigenvalue weighted by Gasteiger charge is 2.16. The Labute approximate surface area is 139 Å². The summed E-state index contributed by atoms with van der Waals surface area (Å²) in [6.45, 7) is 3.94. The first kappa shape index (κ1) is 16.8. The highest BCUT2D eigenvalue weighted by atomic mass is 32.2. The molecule has 0 fully saturated rings. The first-order valence-electron chi connectivity index (χ1n) is 6.63. The van der Waals surface area contributed by atoms with Crippen molar-refractivity contribution < 1.29 is 8.42 Å². The lowest BCUT2D eigenvalue weighted by Crippen LogP contribution is -2.34. The van der Waals surface area contributed by atoms with Gasteiger partial charge >= 0.3 is 0 Å². The Morgan fingerprint density at radius 3 is 2.59 bits per heavy atom. The third-order valence-corrected chi connectivity index (χ3v) is 5.31. The smallest absolute Gasteiger partial charge is 0.263 e. The first-order valence-corrected chi connectivity index (χ1v) is 9.34. The highest BCUT2D eigenvalue weighted by molar-refractivity contribution is 7.92. The van der Waals surface area contributed by atoms with E-state index in [1.165, 1.54) is 23.5 Å². The van der Waals surface area contributed by atoms with E-state index in [0.717, 1.165) is 23.4 Å². The van der Waals surface area contributed by atoms with E-state index < -0.39 is 10.0 Å². The van der Waals surface area contributed by atoms with E-state index in [1.807, 2.05) is 6.92 Å². The van der Waals surface area contributed by atoms with E-state index in [9.17, 15) is 8.42 Å². The second-order valence-electron chi connectivity index (χ2n) is 4.62. The van der Waals surface area contributed by atoms with Crippen LogP contribution >= 0.6 is 23.6 Å². The minimum absolute atomic E-state index is 0.0280. The van der Waals surface area contributed by atoms with E-state index in [0.29, 0.717) is 5.13 Å². The van der Waals surface area contributed by atoms with Crippen molar-refractivity contribution in [3.63, 3.8) is 0 Å². The Morgan fingerprint density at radius 1 is 1.27 bits per heavy atom. The minimum Gasteiger partial charge on any atom is -0.306 e. The fourth-order valence-corrected chi connectivity index (χ4v) is 3.88. The molecule has 0 spiro atoms. The Balaban J connectivity index is 2.02. The quantitative estimate of drug-likeness (QED) is 0.801. The van der Waals surface area contributed by atoms with E-state index in [-0.39, 0.29) is 10.0 Å². The number of aromatic nitrogens is 2. The molecule has 0 aliphatic rings. The third-order valence-electron chi connectivity index (χ3n) is 2.71. The van der Waals surface area contributed by atoms with Crippen molar-refractivity contribution in [3.05, 3.63) is 34.8 Å². The van der Waals surface area contributed by atoms with Gasteiger partial charge < -0.3 is 5.32 Å². The standard InChI is InChI=1S/C13H16N4O2S3/c1-3-4-11-15-16-13(21-11)14-12(20)17-22(18,19)10-7-5-9(2)6-8-10/h5-8H,3-4H2,1-2H3,(H2,14,16,17,20). The van der Waals surface area contributed by atoms with Crippen molar-refractivity contribution in [2.45, 2.75) is 31.6 Å². The van der Waals surface area contributed by atoms with Crippen LogP contribution in [0.3, 0.4) is 0 Å². The van der Waals surface area contributed by atoms with Gasteiger partial charge in [-0.15, -0.1) is 10.2 Å². The molecule has 0 saturated carbocycles. The van der Waals surface area contributed by atoms with Crippen LogP contribution in [0, 0.1) is 6.92 Å². The van der Waals surface area contributed by atoms with Gasteiger partial charge in [-0.05, 0) is 37.7 Å². The van der Waals surface area contributed by atoms with Gasteiger partial charge in [-0.3, -0.25) is 4.72 Å². The number of nitrogens with one attached hydrogen (secondary N) is 2. The second-order valence-corrected chi connectivity index (χ2v) is 7.78. The van der Waals surface area contributed by atoms with Crippen LogP contribution in [-0.2, 0) is 16.4 Å². The van der Waals surface area contributed by atoms with Gasteiger partial charge in [0.25, 0.3) is 10.0 Å². The Kier molecular flexibility index (Phi) is 5.43. The van der Waals surface area contributed by atoms with Crippen LogP contribution in [0.2, 0.25) is 0 Å². The SMILES string of the molecule is CCCc1nnc(NC(=S)NS(=O)(=O)c2ccc(C)cc2)s1. The maximum atomic E-state index is 12.2. The Bertz CT molecular complexity index is 754. The molecule has 2 aromatic rings. The number of hydrogen-bond acceptors (Lipinski definition) is 6. The summed E-state index contributed by atoms with van der Waals surface area (Å²) in [5.74, 6) is 0. The average Bonchev–Trinajstić information content (AvgIpc) is 2.86. The van der Waals surface area contributed by atoms with Crippen LogP contribution in [0.1, 0.15) is 23.9 Å². The predicted octanol–water partition coefficient (Wildman–Crippen LogP) is 2.47. The van der Waals surface area contributed by atoms with Gasteiger partial charge in [0.2, 0.25) is 5.13 Å². The van der Waals surface area contributed by atoms with Gasteiger partial charge in [-0.25, -0.2) is 8.42 Å². The van der Waals surface area contributed by atoms with Crippen LogP contribution in [0.15, 0.2) is 29.2 Å². The van der Waals surface area contributed by atoms with Crippen LogP contribution < -0.4 is 10.0 Å². The van der Waals surface area contributed by atoms with Crippen LogP contribution in [0.25, 0.3) is 0 Å². The molecule has 2 rings (SSSR count). The molecule has 1 aromatic heterocycles. The van der Waals surface area contributed by atoms with Crippen molar-refractivity contribution >= 4 is 43.8 Å². The summed E-state index contributed by atoms with van der Waals surface area (Å²) in [7, 11) is -3.70. The van der Waals surface area contributed by atoms with Crippen molar-refractivity contribution in [2.24, 2.45) is 0 Å². The molecular weight excluding hydrogens is 340 g/mol. The van der Waals surface area contributed by atoms with Crippen molar-refractivity contribution in [1.82, 2.24) is 14.9 Å². The van der Waals surface area contributed by atoms with E-state index >= 15 is 0 Å². The van der Waals surface area contributed by atoms with E-state index in [4.69, 9.17) is 12.2 Å². The molecule has 6 nitrogen and oxygen atoms in total. The minimum atomic E-state index is -3.70. The molecule has 0 aliphatic heterocycles. The molecule has 1 aromatic carbocycles. The summed E-state index contributed by atoms with van der Waals surface area (Å²) >= 11 is 6.38.